The van der Waals surface area contributed by atoms with E-state index < -0.39 is 0 Å². The van der Waals surface area contributed by atoms with Gasteiger partial charge in [-0.3, -0.25) is 9.89 Å². The zero-order chi connectivity index (χ0) is 14.4. The number of carbonyl (C=O) groups excluding carboxylic acids is 1. The van der Waals surface area contributed by atoms with Crippen LogP contribution in [0.15, 0.2) is 24.3 Å². The molecule has 0 fully saturated rings. The number of ether oxygens (including phenoxy) is 1. The maximum Gasteiger partial charge on any atom is 0.227 e. The molecular formula is C13H17N5O2. The van der Waals surface area contributed by atoms with Gasteiger partial charge in [0.05, 0.1) is 20.1 Å². The summed E-state index contributed by atoms with van der Waals surface area (Å²) < 4.78 is 5.09. The highest BCUT2D eigenvalue weighted by atomic mass is 16.5. The average molecular weight is 275 g/mol. The van der Waals surface area contributed by atoms with E-state index in [1.807, 2.05) is 24.3 Å². The monoisotopic (exact) mass is 275 g/mol. The lowest BCUT2D eigenvalue weighted by Gasteiger charge is -2.05. The number of aromatic amines is 1. The Labute approximate surface area is 116 Å². The fraction of sp³-hybridized carbons (Fsp3) is 0.308. The van der Waals surface area contributed by atoms with Gasteiger partial charge in [-0.25, -0.2) is 4.98 Å². The molecule has 20 heavy (non-hydrogen) atoms. The van der Waals surface area contributed by atoms with Gasteiger partial charge in [-0.1, -0.05) is 0 Å². The van der Waals surface area contributed by atoms with Crippen LogP contribution in [0, 0.1) is 0 Å². The van der Waals surface area contributed by atoms with Crippen LogP contribution in [-0.4, -0.2) is 35.2 Å². The number of amides is 1. The van der Waals surface area contributed by atoms with Crippen LogP contribution in [0.3, 0.4) is 0 Å². The lowest BCUT2D eigenvalue weighted by Crippen LogP contribution is -2.20. The summed E-state index contributed by atoms with van der Waals surface area (Å²) in [7, 11) is 3.21. The van der Waals surface area contributed by atoms with E-state index in [0.29, 0.717) is 18.2 Å². The third-order valence-corrected chi connectivity index (χ3v) is 2.73. The molecule has 0 atom stereocenters. The van der Waals surface area contributed by atoms with Crippen molar-refractivity contribution in [3.63, 3.8) is 0 Å². The van der Waals surface area contributed by atoms with Crippen LogP contribution in [0.25, 0.3) is 0 Å². The molecule has 3 N–H and O–H groups in total. The lowest BCUT2D eigenvalue weighted by molar-refractivity contribution is -0.120. The first kappa shape index (κ1) is 13.9. The van der Waals surface area contributed by atoms with Crippen LogP contribution >= 0.6 is 0 Å². The number of likely N-dealkylation sites (N-methyl/N-ethyl adjacent to an activating group) is 1. The minimum absolute atomic E-state index is 0.112. The molecule has 0 bridgehead atoms. The van der Waals surface area contributed by atoms with Gasteiger partial charge in [0.15, 0.2) is 5.82 Å². The molecule has 1 aromatic carbocycles. The van der Waals surface area contributed by atoms with Crippen molar-refractivity contribution in [2.45, 2.75) is 13.0 Å². The number of nitrogens with one attached hydrogen (secondary N) is 3. The summed E-state index contributed by atoms with van der Waals surface area (Å²) >= 11 is 0. The highest BCUT2D eigenvalue weighted by Gasteiger charge is 2.07. The lowest BCUT2D eigenvalue weighted by atomic mass is 10.3. The summed E-state index contributed by atoms with van der Waals surface area (Å²) in [4.78, 5) is 15.4. The SMILES string of the molecule is CNC(=O)Cc1n[nH]c(CNc2ccc(OC)cc2)n1. The molecule has 0 unspecified atom stereocenters. The Kier molecular flexibility index (Phi) is 4.54. The number of benzene rings is 1. The number of methoxy groups -OCH3 is 1. The van der Waals surface area contributed by atoms with Crippen molar-refractivity contribution < 1.29 is 9.53 Å². The smallest absolute Gasteiger partial charge is 0.227 e. The standard InChI is InChI=1S/C13H17N5O2/c1-14-13(19)7-11-16-12(18-17-11)8-15-9-3-5-10(20-2)6-4-9/h3-6,15H,7-8H2,1-2H3,(H,14,19)(H,16,17,18). The first-order valence-electron chi connectivity index (χ1n) is 6.20. The van der Waals surface area contributed by atoms with Gasteiger partial charge < -0.3 is 15.4 Å². The predicted molar refractivity (Wildman–Crippen MR) is 74.5 cm³/mol. The van der Waals surface area contributed by atoms with Gasteiger partial charge in [-0.2, -0.15) is 5.10 Å². The number of hydrogen-bond donors (Lipinski definition) is 3. The summed E-state index contributed by atoms with van der Waals surface area (Å²) in [6.45, 7) is 0.507. The predicted octanol–water partition coefficient (Wildman–Crippen LogP) is 0.714. The van der Waals surface area contributed by atoms with Gasteiger partial charge in [-0.15, -0.1) is 0 Å². The Morgan fingerprint density at radius 2 is 2.10 bits per heavy atom. The topological polar surface area (TPSA) is 91.9 Å². The summed E-state index contributed by atoms with van der Waals surface area (Å²) in [6.07, 6.45) is 0.176. The van der Waals surface area contributed by atoms with Crippen LogP contribution < -0.4 is 15.4 Å². The largest absolute Gasteiger partial charge is 0.497 e. The maximum absolute atomic E-state index is 11.2. The van der Waals surface area contributed by atoms with Crippen LogP contribution in [-0.2, 0) is 17.8 Å². The third-order valence-electron chi connectivity index (χ3n) is 2.73. The molecule has 0 saturated carbocycles. The molecule has 7 heteroatoms. The minimum Gasteiger partial charge on any atom is -0.497 e. The number of hydrogen-bond acceptors (Lipinski definition) is 5. The van der Waals surface area contributed by atoms with Crippen molar-refractivity contribution in [3.05, 3.63) is 35.9 Å². The number of nitrogens with zero attached hydrogens (tertiary/aromatic N) is 2. The molecule has 1 aromatic heterocycles. The van der Waals surface area contributed by atoms with E-state index in [1.54, 1.807) is 14.2 Å². The summed E-state index contributed by atoms with van der Waals surface area (Å²) in [5.41, 5.74) is 0.954. The molecule has 2 aromatic rings. The van der Waals surface area contributed by atoms with E-state index in [1.165, 1.54) is 0 Å². The maximum atomic E-state index is 11.2. The Hall–Kier alpha value is -2.57. The first-order valence-corrected chi connectivity index (χ1v) is 6.20. The minimum atomic E-state index is -0.112. The van der Waals surface area contributed by atoms with Crippen LogP contribution in [0.1, 0.15) is 11.6 Å². The fourth-order valence-electron chi connectivity index (χ4n) is 1.62. The van der Waals surface area contributed by atoms with Gasteiger partial charge in [-0.05, 0) is 24.3 Å². The zero-order valence-corrected chi connectivity index (χ0v) is 11.4. The van der Waals surface area contributed by atoms with Gasteiger partial charge in [0.25, 0.3) is 0 Å². The molecule has 0 aliphatic carbocycles. The van der Waals surface area contributed by atoms with Gasteiger partial charge in [0.2, 0.25) is 5.91 Å². The van der Waals surface area contributed by atoms with E-state index in [0.717, 1.165) is 11.4 Å². The van der Waals surface area contributed by atoms with Crippen molar-refractivity contribution in [1.29, 1.82) is 0 Å². The van der Waals surface area contributed by atoms with E-state index in [4.69, 9.17) is 4.74 Å². The third kappa shape index (κ3) is 3.71. The zero-order valence-electron chi connectivity index (χ0n) is 11.4. The first-order chi connectivity index (χ1) is 9.71. The van der Waals surface area contributed by atoms with E-state index >= 15 is 0 Å². The molecule has 7 nitrogen and oxygen atoms in total. The summed E-state index contributed by atoms with van der Waals surface area (Å²) in [5.74, 6) is 1.86. The molecule has 0 aliphatic rings. The van der Waals surface area contributed by atoms with Crippen molar-refractivity contribution in [3.8, 4) is 5.75 Å². The van der Waals surface area contributed by atoms with E-state index in [-0.39, 0.29) is 12.3 Å². The quantitative estimate of drug-likeness (QED) is 0.722. The molecule has 106 valence electrons. The van der Waals surface area contributed by atoms with E-state index in [9.17, 15) is 4.79 Å². The summed E-state index contributed by atoms with van der Waals surface area (Å²) in [5, 5.41) is 12.5. The molecule has 2 rings (SSSR count). The number of anilines is 1. The van der Waals surface area contributed by atoms with Crippen molar-refractivity contribution in [2.24, 2.45) is 0 Å². The summed E-state index contributed by atoms with van der Waals surface area (Å²) in [6, 6.07) is 7.58. The number of carbonyl (C=O) groups is 1. The van der Waals surface area contributed by atoms with Crippen LogP contribution in [0.2, 0.25) is 0 Å². The second-order valence-electron chi connectivity index (χ2n) is 4.13. The molecule has 1 heterocycles. The van der Waals surface area contributed by atoms with Gasteiger partial charge in [0.1, 0.15) is 11.6 Å². The highest BCUT2D eigenvalue weighted by Crippen LogP contribution is 2.15. The Balaban J connectivity index is 1.88. The average Bonchev–Trinajstić information content (AvgIpc) is 2.93. The van der Waals surface area contributed by atoms with Crippen molar-refractivity contribution in [1.82, 2.24) is 20.5 Å². The number of aromatic nitrogens is 3. The van der Waals surface area contributed by atoms with Crippen LogP contribution in [0.4, 0.5) is 5.69 Å². The van der Waals surface area contributed by atoms with Crippen molar-refractivity contribution >= 4 is 11.6 Å². The molecular weight excluding hydrogens is 258 g/mol. The second-order valence-corrected chi connectivity index (χ2v) is 4.13. The Bertz CT molecular complexity index is 564. The normalized spacial score (nSPS) is 10.1. The molecule has 0 saturated heterocycles. The molecule has 0 radical (unpaired) electrons. The van der Waals surface area contributed by atoms with Crippen molar-refractivity contribution in [2.75, 3.05) is 19.5 Å². The molecule has 1 amide bonds. The van der Waals surface area contributed by atoms with Gasteiger partial charge >= 0.3 is 0 Å². The van der Waals surface area contributed by atoms with Gasteiger partial charge in [0, 0.05) is 12.7 Å². The van der Waals surface area contributed by atoms with Crippen LogP contribution in [0.5, 0.6) is 5.75 Å². The fourth-order valence-corrected chi connectivity index (χ4v) is 1.62. The molecule has 0 aliphatic heterocycles. The Morgan fingerprint density at radius 1 is 1.35 bits per heavy atom. The number of rotatable bonds is 6. The van der Waals surface area contributed by atoms with E-state index in [2.05, 4.69) is 25.8 Å². The molecule has 0 spiro atoms. The number of H-pyrrole nitrogens is 1. The highest BCUT2D eigenvalue weighted by molar-refractivity contribution is 5.77. The Morgan fingerprint density at radius 3 is 2.75 bits per heavy atom. The second kappa shape index (κ2) is 6.55.